The molecule has 0 aliphatic carbocycles. The molecule has 0 radical (unpaired) electrons. The molecule has 1 aliphatic rings. The summed E-state index contributed by atoms with van der Waals surface area (Å²) in [5, 5.41) is 2.75. The molecular formula is C14H13F3N4O2. The minimum atomic E-state index is -4.48. The summed E-state index contributed by atoms with van der Waals surface area (Å²) >= 11 is 0. The van der Waals surface area contributed by atoms with Crippen molar-refractivity contribution < 1.29 is 22.7 Å². The number of nitrogens with zero attached hydrogens (tertiary/aromatic N) is 3. The third kappa shape index (κ3) is 3.61. The fourth-order valence-electron chi connectivity index (χ4n) is 2.42. The van der Waals surface area contributed by atoms with Crippen molar-refractivity contribution in [3.63, 3.8) is 0 Å². The number of hydrogen-bond acceptors (Lipinski definition) is 4. The number of carbonyl (C=O) groups excluding carboxylic acids is 1. The van der Waals surface area contributed by atoms with Gasteiger partial charge in [0.05, 0.1) is 12.4 Å². The zero-order valence-corrected chi connectivity index (χ0v) is 11.9. The largest absolute Gasteiger partial charge is 0.482 e. The van der Waals surface area contributed by atoms with Crippen LogP contribution in [0.3, 0.4) is 0 Å². The second-order valence-corrected chi connectivity index (χ2v) is 5.17. The van der Waals surface area contributed by atoms with Crippen molar-refractivity contribution in [3.05, 3.63) is 42.2 Å². The van der Waals surface area contributed by atoms with Crippen LogP contribution in [-0.4, -0.2) is 39.3 Å². The molecule has 2 aromatic rings. The number of rotatable bonds is 4. The summed E-state index contributed by atoms with van der Waals surface area (Å²) in [6.07, 6.45) is 0.839. The monoisotopic (exact) mass is 326 g/mol. The van der Waals surface area contributed by atoms with E-state index in [1.165, 1.54) is 18.3 Å². The minimum Gasteiger partial charge on any atom is -0.482 e. The summed E-state index contributed by atoms with van der Waals surface area (Å²) in [7, 11) is 0. The van der Waals surface area contributed by atoms with Crippen LogP contribution in [-0.2, 0) is 13.0 Å². The number of hydrogen-bond donors (Lipinski definition) is 1. The second-order valence-electron chi connectivity index (χ2n) is 5.17. The van der Waals surface area contributed by atoms with Gasteiger partial charge in [0.1, 0.15) is 0 Å². The van der Waals surface area contributed by atoms with Gasteiger partial charge in [0, 0.05) is 31.1 Å². The van der Waals surface area contributed by atoms with E-state index in [2.05, 4.69) is 20.0 Å². The Balaban J connectivity index is 1.67. The number of nitrogens with one attached hydrogen (secondary N) is 1. The Morgan fingerprint density at radius 3 is 3.04 bits per heavy atom. The van der Waals surface area contributed by atoms with Gasteiger partial charge in [-0.3, -0.25) is 4.79 Å². The Morgan fingerprint density at radius 2 is 2.30 bits per heavy atom. The van der Waals surface area contributed by atoms with Crippen molar-refractivity contribution in [1.82, 2.24) is 19.9 Å². The maximum atomic E-state index is 12.3. The van der Waals surface area contributed by atoms with E-state index in [-0.39, 0.29) is 17.5 Å². The number of alkyl halides is 3. The summed E-state index contributed by atoms with van der Waals surface area (Å²) in [5.74, 6) is -0.756. The Bertz CT molecular complexity index is 694. The maximum Gasteiger partial charge on any atom is 0.422 e. The average Bonchev–Trinajstić information content (AvgIpc) is 3.05. The highest BCUT2D eigenvalue weighted by Crippen LogP contribution is 2.21. The molecule has 0 spiro atoms. The van der Waals surface area contributed by atoms with E-state index in [9.17, 15) is 18.0 Å². The first kappa shape index (κ1) is 15.3. The number of halogens is 3. The molecule has 0 unspecified atom stereocenters. The van der Waals surface area contributed by atoms with Crippen molar-refractivity contribution in [2.75, 3.05) is 6.61 Å². The first-order valence-electron chi connectivity index (χ1n) is 6.87. The molecule has 3 rings (SSSR count). The lowest BCUT2D eigenvalue weighted by atomic mass is 10.2. The van der Waals surface area contributed by atoms with Crippen LogP contribution in [0.2, 0.25) is 0 Å². The van der Waals surface area contributed by atoms with Gasteiger partial charge in [-0.2, -0.15) is 13.2 Å². The summed E-state index contributed by atoms with van der Waals surface area (Å²) in [6, 6.07) is 2.54. The van der Waals surface area contributed by atoms with Gasteiger partial charge in [0.25, 0.3) is 5.91 Å². The van der Waals surface area contributed by atoms with Gasteiger partial charge in [0.2, 0.25) is 0 Å². The Morgan fingerprint density at radius 1 is 1.48 bits per heavy atom. The maximum absolute atomic E-state index is 12.3. The van der Waals surface area contributed by atoms with Crippen LogP contribution in [0.25, 0.3) is 0 Å². The molecule has 122 valence electrons. The van der Waals surface area contributed by atoms with Crippen LogP contribution in [0.5, 0.6) is 5.75 Å². The Labute approximate surface area is 129 Å². The highest BCUT2D eigenvalue weighted by molar-refractivity contribution is 5.95. The van der Waals surface area contributed by atoms with E-state index in [0.29, 0.717) is 13.0 Å². The topological polar surface area (TPSA) is 69.0 Å². The predicted octanol–water partition coefficient (Wildman–Crippen LogP) is 1.57. The lowest BCUT2D eigenvalue weighted by Crippen LogP contribution is -2.36. The normalized spacial score (nSPS) is 16.9. The second kappa shape index (κ2) is 5.90. The third-order valence-electron chi connectivity index (χ3n) is 3.38. The molecule has 9 heteroatoms. The van der Waals surface area contributed by atoms with E-state index >= 15 is 0 Å². The fourth-order valence-corrected chi connectivity index (χ4v) is 2.42. The number of fused-ring (bicyclic) bond motifs is 1. The summed E-state index contributed by atoms with van der Waals surface area (Å²) in [5.41, 5.74) is 0.830. The molecule has 3 heterocycles. The van der Waals surface area contributed by atoms with Crippen molar-refractivity contribution in [1.29, 1.82) is 0 Å². The van der Waals surface area contributed by atoms with Gasteiger partial charge >= 0.3 is 6.18 Å². The molecule has 0 bridgehead atoms. The van der Waals surface area contributed by atoms with Gasteiger partial charge in [-0.05, 0) is 12.1 Å². The van der Waals surface area contributed by atoms with E-state index < -0.39 is 18.7 Å². The molecule has 0 saturated carbocycles. The number of pyridine rings is 1. The molecular weight excluding hydrogens is 313 g/mol. The lowest BCUT2D eigenvalue weighted by Gasteiger charge is -2.14. The molecule has 1 aliphatic heterocycles. The average molecular weight is 326 g/mol. The quantitative estimate of drug-likeness (QED) is 0.926. The molecule has 0 aromatic carbocycles. The standard InChI is InChI=1S/C14H13F3N4O2/c15-14(16,17)7-23-11-2-1-3-19-12(11)13(22)20-9-4-10-5-18-8-21(10)6-9/h1-3,5,8-9H,4,6-7H2,(H,20,22)/t9-/m0/s1. The molecule has 23 heavy (non-hydrogen) atoms. The fraction of sp³-hybridized carbons (Fsp3) is 0.357. The van der Waals surface area contributed by atoms with Crippen LogP contribution in [0.1, 0.15) is 16.2 Å². The minimum absolute atomic E-state index is 0.155. The number of aromatic nitrogens is 3. The summed E-state index contributed by atoms with van der Waals surface area (Å²) < 4.78 is 43.4. The highest BCUT2D eigenvalue weighted by atomic mass is 19.4. The predicted molar refractivity (Wildman–Crippen MR) is 73.0 cm³/mol. The van der Waals surface area contributed by atoms with Crippen LogP contribution < -0.4 is 10.1 Å². The Hall–Kier alpha value is -2.58. The summed E-state index contributed by atoms with van der Waals surface area (Å²) in [4.78, 5) is 20.1. The van der Waals surface area contributed by atoms with Gasteiger partial charge in [-0.1, -0.05) is 0 Å². The molecule has 1 atom stereocenters. The zero-order valence-electron chi connectivity index (χ0n) is 11.9. The van der Waals surface area contributed by atoms with Crippen molar-refractivity contribution >= 4 is 5.91 Å². The number of ether oxygens (including phenoxy) is 1. The van der Waals surface area contributed by atoms with Crippen molar-refractivity contribution in [3.8, 4) is 5.75 Å². The first-order valence-corrected chi connectivity index (χ1v) is 6.87. The van der Waals surface area contributed by atoms with E-state index in [1.807, 2.05) is 4.57 Å². The highest BCUT2D eigenvalue weighted by Gasteiger charge is 2.30. The van der Waals surface area contributed by atoms with Gasteiger partial charge < -0.3 is 14.6 Å². The molecule has 1 N–H and O–H groups in total. The molecule has 6 nitrogen and oxygen atoms in total. The van der Waals surface area contributed by atoms with Crippen LogP contribution in [0.4, 0.5) is 13.2 Å². The van der Waals surface area contributed by atoms with Gasteiger partial charge in [-0.15, -0.1) is 0 Å². The van der Waals surface area contributed by atoms with Gasteiger partial charge in [-0.25, -0.2) is 9.97 Å². The lowest BCUT2D eigenvalue weighted by molar-refractivity contribution is -0.153. The van der Waals surface area contributed by atoms with Crippen molar-refractivity contribution in [2.45, 2.75) is 25.2 Å². The van der Waals surface area contributed by atoms with E-state index in [0.717, 1.165) is 5.69 Å². The van der Waals surface area contributed by atoms with Crippen LogP contribution in [0, 0.1) is 0 Å². The van der Waals surface area contributed by atoms with Crippen LogP contribution >= 0.6 is 0 Å². The smallest absolute Gasteiger partial charge is 0.422 e. The molecule has 1 amide bonds. The zero-order chi connectivity index (χ0) is 16.4. The molecule has 0 saturated heterocycles. The SMILES string of the molecule is O=C(N[C@H]1Cc2cncn2C1)c1ncccc1OCC(F)(F)F. The first-order chi connectivity index (χ1) is 10.9. The van der Waals surface area contributed by atoms with E-state index in [4.69, 9.17) is 0 Å². The number of amides is 1. The van der Waals surface area contributed by atoms with Crippen LogP contribution in [0.15, 0.2) is 30.9 Å². The summed E-state index contributed by atoms with van der Waals surface area (Å²) in [6.45, 7) is -0.911. The number of imidazole rings is 1. The van der Waals surface area contributed by atoms with Gasteiger partial charge in [0.15, 0.2) is 18.1 Å². The third-order valence-corrected chi connectivity index (χ3v) is 3.38. The van der Waals surface area contributed by atoms with E-state index in [1.54, 1.807) is 12.5 Å². The molecule has 0 fully saturated rings. The number of carbonyl (C=O) groups is 1. The van der Waals surface area contributed by atoms with Crippen molar-refractivity contribution in [2.24, 2.45) is 0 Å². The molecule has 2 aromatic heterocycles. The Kier molecular flexibility index (Phi) is 3.93.